The Bertz CT molecular complexity index is 504. The van der Waals surface area contributed by atoms with Crippen molar-refractivity contribution >= 4 is 23.4 Å². The molecule has 0 spiro atoms. The lowest BCUT2D eigenvalue weighted by atomic mass is 10.4. The summed E-state index contributed by atoms with van der Waals surface area (Å²) in [5, 5.41) is 6.98. The maximum atomic E-state index is 5.49. The van der Waals surface area contributed by atoms with Crippen LogP contribution in [0.15, 0.2) is 27.8 Å². The molecule has 0 atom stereocenters. The summed E-state index contributed by atoms with van der Waals surface area (Å²) in [5.41, 5.74) is 0. The number of anilines is 2. The van der Waals surface area contributed by atoms with Crippen molar-refractivity contribution in [1.29, 1.82) is 0 Å². The van der Waals surface area contributed by atoms with E-state index in [-0.39, 0.29) is 0 Å². The lowest BCUT2D eigenvalue weighted by Gasteiger charge is -2.07. The van der Waals surface area contributed by atoms with Crippen molar-refractivity contribution in [2.45, 2.75) is 18.6 Å². The minimum atomic E-state index is 0.613. The molecule has 0 radical (unpaired) electrons. The van der Waals surface area contributed by atoms with Gasteiger partial charge in [0.2, 0.25) is 0 Å². The van der Waals surface area contributed by atoms with Gasteiger partial charge in [-0.1, -0.05) is 11.8 Å². The molecule has 18 heavy (non-hydrogen) atoms. The molecule has 2 rings (SSSR count). The summed E-state index contributed by atoms with van der Waals surface area (Å²) in [6, 6.07) is 5.77. The molecular formula is C12H16N4OS. The standard InChI is InChI=1S/C12H16N4OS/c1-8-4-5-9(17-8)7-14-11-6-10(13-2)15-12(16-11)18-3/h4-6H,7H2,1-3H3,(H2,13,14,15,16). The van der Waals surface area contributed by atoms with Gasteiger partial charge < -0.3 is 15.1 Å². The number of aryl methyl sites for hydroxylation is 1. The van der Waals surface area contributed by atoms with E-state index in [0.717, 1.165) is 28.3 Å². The molecule has 0 aromatic carbocycles. The fourth-order valence-electron chi connectivity index (χ4n) is 1.49. The van der Waals surface area contributed by atoms with Crippen LogP contribution in [0.5, 0.6) is 0 Å². The van der Waals surface area contributed by atoms with Crippen LogP contribution in [0.2, 0.25) is 0 Å². The summed E-state index contributed by atoms with van der Waals surface area (Å²) < 4.78 is 5.49. The van der Waals surface area contributed by atoms with E-state index in [4.69, 9.17) is 4.42 Å². The number of hydrogen-bond acceptors (Lipinski definition) is 6. The van der Waals surface area contributed by atoms with Gasteiger partial charge in [0.25, 0.3) is 0 Å². The molecule has 6 heteroatoms. The van der Waals surface area contributed by atoms with Crippen molar-refractivity contribution in [2.75, 3.05) is 23.9 Å². The van der Waals surface area contributed by atoms with Crippen LogP contribution in [0.3, 0.4) is 0 Å². The van der Waals surface area contributed by atoms with Gasteiger partial charge in [0.1, 0.15) is 23.2 Å². The van der Waals surface area contributed by atoms with Gasteiger partial charge >= 0.3 is 0 Å². The first-order valence-corrected chi connectivity index (χ1v) is 6.83. The van der Waals surface area contributed by atoms with E-state index in [1.807, 2.05) is 38.4 Å². The van der Waals surface area contributed by atoms with Crippen LogP contribution in [0, 0.1) is 6.92 Å². The quantitative estimate of drug-likeness (QED) is 0.639. The predicted molar refractivity (Wildman–Crippen MR) is 74.1 cm³/mol. The zero-order valence-electron chi connectivity index (χ0n) is 10.7. The van der Waals surface area contributed by atoms with Crippen LogP contribution in [0.1, 0.15) is 11.5 Å². The third-order valence-corrected chi connectivity index (χ3v) is 2.93. The van der Waals surface area contributed by atoms with Gasteiger partial charge in [0.15, 0.2) is 5.16 Å². The summed E-state index contributed by atoms with van der Waals surface area (Å²) in [7, 11) is 1.84. The largest absolute Gasteiger partial charge is 0.465 e. The number of hydrogen-bond donors (Lipinski definition) is 2. The molecule has 2 aromatic rings. The predicted octanol–water partition coefficient (Wildman–Crippen LogP) is 2.75. The highest BCUT2D eigenvalue weighted by molar-refractivity contribution is 7.98. The van der Waals surface area contributed by atoms with Crippen molar-refractivity contribution in [3.63, 3.8) is 0 Å². The van der Waals surface area contributed by atoms with E-state index in [2.05, 4.69) is 20.6 Å². The molecule has 96 valence electrons. The third-order valence-electron chi connectivity index (χ3n) is 2.38. The Morgan fingerprint density at radius 1 is 1.28 bits per heavy atom. The number of thioether (sulfide) groups is 1. The number of rotatable bonds is 5. The average Bonchev–Trinajstić information content (AvgIpc) is 2.81. The monoisotopic (exact) mass is 264 g/mol. The molecule has 0 saturated heterocycles. The molecular weight excluding hydrogens is 248 g/mol. The molecule has 2 heterocycles. The Morgan fingerprint density at radius 3 is 2.67 bits per heavy atom. The molecule has 0 aliphatic rings. The summed E-state index contributed by atoms with van der Waals surface area (Å²) >= 11 is 1.51. The van der Waals surface area contributed by atoms with Crippen LogP contribution in [-0.2, 0) is 6.54 Å². The van der Waals surface area contributed by atoms with Crippen molar-refractivity contribution in [2.24, 2.45) is 0 Å². The second-order valence-corrected chi connectivity index (χ2v) is 4.51. The zero-order chi connectivity index (χ0) is 13.0. The molecule has 0 bridgehead atoms. The number of nitrogens with zero attached hydrogens (tertiary/aromatic N) is 2. The topological polar surface area (TPSA) is 63.0 Å². The molecule has 0 aliphatic heterocycles. The lowest BCUT2D eigenvalue weighted by Crippen LogP contribution is -2.04. The van der Waals surface area contributed by atoms with Crippen molar-refractivity contribution in [3.8, 4) is 0 Å². The van der Waals surface area contributed by atoms with Gasteiger partial charge in [-0.25, -0.2) is 9.97 Å². The summed E-state index contributed by atoms with van der Waals surface area (Å²) in [4.78, 5) is 8.69. The van der Waals surface area contributed by atoms with Crippen LogP contribution < -0.4 is 10.6 Å². The fraction of sp³-hybridized carbons (Fsp3) is 0.333. The zero-order valence-corrected chi connectivity index (χ0v) is 11.5. The molecule has 2 N–H and O–H groups in total. The summed E-state index contributed by atoms with van der Waals surface area (Å²) in [6.45, 7) is 2.54. The summed E-state index contributed by atoms with van der Waals surface area (Å²) in [6.07, 6.45) is 1.95. The van der Waals surface area contributed by atoms with E-state index in [9.17, 15) is 0 Å². The maximum Gasteiger partial charge on any atom is 0.191 e. The number of nitrogens with one attached hydrogen (secondary N) is 2. The van der Waals surface area contributed by atoms with Crippen LogP contribution in [-0.4, -0.2) is 23.3 Å². The highest BCUT2D eigenvalue weighted by Crippen LogP contribution is 2.17. The van der Waals surface area contributed by atoms with Crippen molar-refractivity contribution in [3.05, 3.63) is 29.7 Å². The van der Waals surface area contributed by atoms with E-state index in [0.29, 0.717) is 6.54 Å². The lowest BCUT2D eigenvalue weighted by molar-refractivity contribution is 0.490. The van der Waals surface area contributed by atoms with Gasteiger partial charge in [-0.2, -0.15) is 0 Å². The Balaban J connectivity index is 2.08. The maximum absolute atomic E-state index is 5.49. The third kappa shape index (κ3) is 3.16. The van der Waals surface area contributed by atoms with Gasteiger partial charge in [-0.3, -0.25) is 0 Å². The number of furan rings is 1. The SMILES string of the molecule is CNc1cc(NCc2ccc(C)o2)nc(SC)n1. The van der Waals surface area contributed by atoms with E-state index in [1.165, 1.54) is 11.8 Å². The second-order valence-electron chi connectivity index (χ2n) is 3.74. The Labute approximate surface area is 110 Å². The van der Waals surface area contributed by atoms with Gasteiger partial charge in [-0.15, -0.1) is 0 Å². The molecule has 0 aliphatic carbocycles. The number of aromatic nitrogens is 2. The van der Waals surface area contributed by atoms with E-state index < -0.39 is 0 Å². The van der Waals surface area contributed by atoms with Crippen LogP contribution >= 0.6 is 11.8 Å². The van der Waals surface area contributed by atoms with Crippen molar-refractivity contribution in [1.82, 2.24) is 9.97 Å². The minimum absolute atomic E-state index is 0.613. The molecule has 0 unspecified atom stereocenters. The van der Waals surface area contributed by atoms with Gasteiger partial charge in [0.05, 0.1) is 6.54 Å². The van der Waals surface area contributed by atoms with Crippen LogP contribution in [0.4, 0.5) is 11.6 Å². The first-order chi connectivity index (χ1) is 8.71. The molecule has 2 aromatic heterocycles. The smallest absolute Gasteiger partial charge is 0.191 e. The minimum Gasteiger partial charge on any atom is -0.465 e. The van der Waals surface area contributed by atoms with Crippen LogP contribution in [0.25, 0.3) is 0 Å². The normalized spacial score (nSPS) is 10.4. The highest BCUT2D eigenvalue weighted by Gasteiger charge is 2.04. The first kappa shape index (κ1) is 12.8. The average molecular weight is 264 g/mol. The van der Waals surface area contributed by atoms with E-state index >= 15 is 0 Å². The fourth-order valence-corrected chi connectivity index (χ4v) is 1.87. The Hall–Kier alpha value is -1.69. The Kier molecular flexibility index (Phi) is 4.09. The molecule has 5 nitrogen and oxygen atoms in total. The van der Waals surface area contributed by atoms with Gasteiger partial charge in [0, 0.05) is 13.1 Å². The molecule has 0 fully saturated rings. The Morgan fingerprint density at radius 2 is 2.06 bits per heavy atom. The summed E-state index contributed by atoms with van der Waals surface area (Å²) in [5.74, 6) is 3.39. The molecule has 0 amide bonds. The first-order valence-electron chi connectivity index (χ1n) is 5.61. The molecule has 0 saturated carbocycles. The van der Waals surface area contributed by atoms with Crippen molar-refractivity contribution < 1.29 is 4.42 Å². The second kappa shape index (κ2) is 5.77. The highest BCUT2D eigenvalue weighted by atomic mass is 32.2. The van der Waals surface area contributed by atoms with E-state index in [1.54, 1.807) is 0 Å². The van der Waals surface area contributed by atoms with Gasteiger partial charge in [-0.05, 0) is 25.3 Å².